The average molecular weight is 304 g/mol. The molecule has 0 aromatic carbocycles. The van der Waals surface area contributed by atoms with Crippen LogP contribution in [-0.2, 0) is 16.4 Å². The fourth-order valence-corrected chi connectivity index (χ4v) is 4.56. The Hall–Kier alpha value is -0.960. The summed E-state index contributed by atoms with van der Waals surface area (Å²) in [6.07, 6.45) is 0.648. The summed E-state index contributed by atoms with van der Waals surface area (Å²) in [4.78, 5) is 14.3. The normalized spacial score (nSPS) is 11.8. The van der Waals surface area contributed by atoms with E-state index in [4.69, 9.17) is 0 Å². The number of H-pyrrole nitrogens is 1. The minimum absolute atomic E-state index is 0.0682. The first-order valence-electron chi connectivity index (χ1n) is 5.21. The van der Waals surface area contributed by atoms with E-state index in [0.717, 1.165) is 4.88 Å². The summed E-state index contributed by atoms with van der Waals surface area (Å²) < 4.78 is 26.4. The molecule has 18 heavy (non-hydrogen) atoms. The van der Waals surface area contributed by atoms with Gasteiger partial charge in [0.05, 0.1) is 0 Å². The van der Waals surface area contributed by atoms with Crippen molar-refractivity contribution >= 4 is 32.7 Å². The smallest absolute Gasteiger partial charge is 0.305 e. The molecule has 2 aromatic rings. The van der Waals surface area contributed by atoms with Crippen LogP contribution in [0.2, 0.25) is 0 Å². The molecule has 2 aromatic heterocycles. The first-order valence-corrected chi connectivity index (χ1v) is 8.39. The molecule has 0 amide bonds. The van der Waals surface area contributed by atoms with Gasteiger partial charge in [0.1, 0.15) is 0 Å². The predicted molar refractivity (Wildman–Crippen MR) is 72.9 cm³/mol. The zero-order valence-corrected chi connectivity index (χ0v) is 12.0. The van der Waals surface area contributed by atoms with E-state index < -0.39 is 10.0 Å². The van der Waals surface area contributed by atoms with Gasteiger partial charge in [0.25, 0.3) is 10.0 Å². The lowest BCUT2D eigenvalue weighted by atomic mass is 10.3. The van der Waals surface area contributed by atoms with E-state index in [1.165, 1.54) is 0 Å². The number of thiophene rings is 1. The highest BCUT2D eigenvalue weighted by Crippen LogP contribution is 2.15. The van der Waals surface area contributed by atoms with Gasteiger partial charge in [0, 0.05) is 17.1 Å². The van der Waals surface area contributed by atoms with Crippen LogP contribution in [0.5, 0.6) is 0 Å². The number of aromatic amines is 1. The molecule has 0 aliphatic heterocycles. The van der Waals surface area contributed by atoms with Gasteiger partial charge in [-0.15, -0.1) is 11.3 Å². The Labute approximate surface area is 113 Å². The summed E-state index contributed by atoms with van der Waals surface area (Å²) in [7, 11) is -3.58. The Balaban J connectivity index is 2.04. The quantitative estimate of drug-likeness (QED) is 0.874. The van der Waals surface area contributed by atoms with Crippen molar-refractivity contribution in [3.05, 3.63) is 37.8 Å². The van der Waals surface area contributed by atoms with Crippen LogP contribution in [0.25, 0.3) is 0 Å². The van der Waals surface area contributed by atoms with Gasteiger partial charge in [0.15, 0.2) is 4.21 Å². The Morgan fingerprint density at radius 3 is 2.78 bits per heavy atom. The maximum Gasteiger partial charge on any atom is 0.305 e. The summed E-state index contributed by atoms with van der Waals surface area (Å²) >= 11 is 2.30. The molecule has 2 N–H and O–H groups in total. The van der Waals surface area contributed by atoms with E-state index in [1.54, 1.807) is 18.3 Å². The molecule has 0 bridgehead atoms. The highest BCUT2D eigenvalue weighted by atomic mass is 32.2. The molecule has 0 fully saturated rings. The molecule has 0 spiro atoms. The lowest BCUT2D eigenvalue weighted by Crippen LogP contribution is -2.25. The van der Waals surface area contributed by atoms with E-state index in [-0.39, 0.29) is 9.08 Å². The molecule has 0 atom stereocenters. The third kappa shape index (κ3) is 3.08. The van der Waals surface area contributed by atoms with Crippen LogP contribution in [-0.4, -0.2) is 19.9 Å². The van der Waals surface area contributed by atoms with Crippen LogP contribution >= 0.6 is 22.7 Å². The lowest BCUT2D eigenvalue weighted by molar-refractivity contribution is 0.583. The first-order chi connectivity index (χ1) is 8.49. The first kappa shape index (κ1) is 13.5. The van der Waals surface area contributed by atoms with Crippen LogP contribution in [0.4, 0.5) is 0 Å². The van der Waals surface area contributed by atoms with Crippen molar-refractivity contribution in [2.24, 2.45) is 0 Å². The van der Waals surface area contributed by atoms with E-state index >= 15 is 0 Å². The van der Waals surface area contributed by atoms with Gasteiger partial charge in [-0.1, -0.05) is 17.4 Å². The van der Waals surface area contributed by atoms with E-state index in [9.17, 15) is 13.2 Å². The van der Waals surface area contributed by atoms with Crippen molar-refractivity contribution < 1.29 is 8.42 Å². The van der Waals surface area contributed by atoms with E-state index in [0.29, 0.717) is 30.0 Å². The van der Waals surface area contributed by atoms with Crippen molar-refractivity contribution in [2.45, 2.75) is 17.6 Å². The van der Waals surface area contributed by atoms with Gasteiger partial charge >= 0.3 is 4.87 Å². The van der Waals surface area contributed by atoms with Gasteiger partial charge in [0.2, 0.25) is 0 Å². The summed E-state index contributed by atoms with van der Waals surface area (Å²) in [5.41, 5.74) is 0.383. The number of hydrogen-bond acceptors (Lipinski definition) is 5. The molecule has 0 unspecified atom stereocenters. The van der Waals surface area contributed by atoms with Gasteiger partial charge in [-0.2, -0.15) is 0 Å². The number of rotatable bonds is 5. The molecule has 0 aliphatic rings. The lowest BCUT2D eigenvalue weighted by Gasteiger charge is -2.04. The molecule has 0 saturated heterocycles. The van der Waals surface area contributed by atoms with Crippen molar-refractivity contribution in [2.75, 3.05) is 6.54 Å². The Bertz CT molecular complexity index is 668. The second-order valence-corrected chi connectivity index (χ2v) is 7.63. The number of nitrogens with one attached hydrogen (secondary N) is 2. The largest absolute Gasteiger partial charge is 0.315 e. The molecule has 8 heteroatoms. The second-order valence-electron chi connectivity index (χ2n) is 3.65. The van der Waals surface area contributed by atoms with E-state index in [2.05, 4.69) is 9.71 Å². The molecular formula is C10H12N2O3S3. The monoisotopic (exact) mass is 304 g/mol. The topological polar surface area (TPSA) is 79.0 Å². The fourth-order valence-electron chi connectivity index (χ4n) is 1.48. The van der Waals surface area contributed by atoms with Gasteiger partial charge in [-0.3, -0.25) is 4.79 Å². The number of sulfonamides is 1. The van der Waals surface area contributed by atoms with Gasteiger partial charge < -0.3 is 4.98 Å². The molecular weight excluding hydrogens is 292 g/mol. The summed E-state index contributed by atoms with van der Waals surface area (Å²) in [5.74, 6) is 0. The molecule has 0 saturated carbocycles. The van der Waals surface area contributed by atoms with Gasteiger partial charge in [-0.25, -0.2) is 13.1 Å². The summed E-state index contributed by atoms with van der Waals surface area (Å²) in [6, 6.07) is 3.88. The number of thiazole rings is 1. The van der Waals surface area contributed by atoms with E-state index in [1.807, 2.05) is 17.5 Å². The number of hydrogen-bond donors (Lipinski definition) is 2. The molecule has 2 rings (SSSR count). The third-order valence-corrected chi connectivity index (χ3v) is 6.27. The molecule has 98 valence electrons. The average Bonchev–Trinajstić information content (AvgIpc) is 2.88. The SMILES string of the molecule is Cc1[nH]c(=O)sc1S(=O)(=O)NCCc1cccs1. The highest BCUT2D eigenvalue weighted by Gasteiger charge is 2.19. The molecule has 2 heterocycles. The maximum atomic E-state index is 11.9. The number of aromatic nitrogens is 1. The molecule has 5 nitrogen and oxygen atoms in total. The zero-order chi connectivity index (χ0) is 13.2. The van der Waals surface area contributed by atoms with Crippen molar-refractivity contribution in [3.8, 4) is 0 Å². The Morgan fingerprint density at radius 2 is 2.22 bits per heavy atom. The second kappa shape index (κ2) is 5.35. The van der Waals surface area contributed by atoms with Crippen LogP contribution in [0, 0.1) is 6.92 Å². The van der Waals surface area contributed by atoms with Crippen LogP contribution in [0.3, 0.4) is 0 Å². The third-order valence-electron chi connectivity index (χ3n) is 2.27. The molecule has 0 radical (unpaired) electrons. The predicted octanol–water partition coefficient (Wildman–Crippen LogP) is 1.33. The zero-order valence-electron chi connectivity index (χ0n) is 9.60. The van der Waals surface area contributed by atoms with Crippen LogP contribution in [0.1, 0.15) is 10.6 Å². The minimum Gasteiger partial charge on any atom is -0.315 e. The Morgan fingerprint density at radius 1 is 1.44 bits per heavy atom. The number of aryl methyl sites for hydroxylation is 1. The van der Waals surface area contributed by atoms with Crippen LogP contribution in [0.15, 0.2) is 26.5 Å². The molecule has 0 aliphatic carbocycles. The minimum atomic E-state index is -3.58. The summed E-state index contributed by atoms with van der Waals surface area (Å²) in [6.45, 7) is 1.90. The highest BCUT2D eigenvalue weighted by molar-refractivity contribution is 7.91. The standard InChI is InChI=1S/C10H12N2O3S3/c1-7-9(17-10(13)12-7)18(14,15)11-5-4-8-3-2-6-16-8/h2-3,6,11H,4-5H2,1H3,(H,12,13). The Kier molecular flexibility index (Phi) is 4.00. The van der Waals surface area contributed by atoms with Crippen molar-refractivity contribution in [3.63, 3.8) is 0 Å². The fraction of sp³-hybridized carbons (Fsp3) is 0.300. The summed E-state index contributed by atoms with van der Waals surface area (Å²) in [5, 5.41) is 1.95. The van der Waals surface area contributed by atoms with Crippen molar-refractivity contribution in [1.29, 1.82) is 0 Å². The van der Waals surface area contributed by atoms with Crippen molar-refractivity contribution in [1.82, 2.24) is 9.71 Å². The maximum absolute atomic E-state index is 11.9. The van der Waals surface area contributed by atoms with Gasteiger partial charge in [-0.05, 0) is 24.8 Å². The van der Waals surface area contributed by atoms with Crippen LogP contribution < -0.4 is 9.60 Å².